The minimum Gasteiger partial charge on any atom is -0.281 e. The van der Waals surface area contributed by atoms with Gasteiger partial charge in [-0.3, -0.25) is 15.2 Å². The molecule has 0 saturated carbocycles. The number of amides is 1. The van der Waals surface area contributed by atoms with E-state index in [-0.39, 0.29) is 11.8 Å². The average molecular weight is 306 g/mol. The van der Waals surface area contributed by atoms with Crippen molar-refractivity contribution in [2.45, 2.75) is 25.8 Å². The van der Waals surface area contributed by atoms with Crippen molar-refractivity contribution in [3.05, 3.63) is 78.4 Å². The highest BCUT2D eigenvalue weighted by Crippen LogP contribution is 2.20. The maximum atomic E-state index is 12.6. The van der Waals surface area contributed by atoms with E-state index in [4.69, 9.17) is 0 Å². The number of allylic oxidation sites excluding steroid dienone is 2. The summed E-state index contributed by atoms with van der Waals surface area (Å²) >= 11 is 0. The zero-order chi connectivity index (χ0) is 15.9. The van der Waals surface area contributed by atoms with Gasteiger partial charge in [-0.1, -0.05) is 60.7 Å². The predicted molar refractivity (Wildman–Crippen MR) is 93.7 cm³/mol. The molecular weight excluding hydrogens is 284 g/mol. The van der Waals surface area contributed by atoms with Gasteiger partial charge < -0.3 is 0 Å². The van der Waals surface area contributed by atoms with Crippen LogP contribution in [0.25, 0.3) is 0 Å². The van der Waals surface area contributed by atoms with Crippen LogP contribution in [0, 0.1) is 5.92 Å². The van der Waals surface area contributed by atoms with Gasteiger partial charge in [0.25, 0.3) is 0 Å². The van der Waals surface area contributed by atoms with Crippen LogP contribution < -0.4 is 10.4 Å². The van der Waals surface area contributed by atoms with Crippen LogP contribution >= 0.6 is 0 Å². The minimum atomic E-state index is 0.0713. The molecule has 0 saturated heterocycles. The van der Waals surface area contributed by atoms with E-state index in [0.29, 0.717) is 6.54 Å². The number of benzene rings is 2. The summed E-state index contributed by atoms with van der Waals surface area (Å²) in [5, 5.41) is 1.94. The fourth-order valence-corrected chi connectivity index (χ4v) is 2.83. The molecule has 3 nitrogen and oxygen atoms in total. The van der Waals surface area contributed by atoms with Crippen LogP contribution in [-0.2, 0) is 11.3 Å². The third-order valence-electron chi connectivity index (χ3n) is 4.14. The summed E-state index contributed by atoms with van der Waals surface area (Å²) in [5.41, 5.74) is 5.28. The number of carbonyl (C=O) groups is 1. The Hall–Kier alpha value is -2.55. The monoisotopic (exact) mass is 306 g/mol. The van der Waals surface area contributed by atoms with Gasteiger partial charge in [0, 0.05) is 5.92 Å². The first-order valence-corrected chi connectivity index (χ1v) is 8.15. The van der Waals surface area contributed by atoms with E-state index in [1.165, 1.54) is 5.56 Å². The molecule has 1 aliphatic rings. The van der Waals surface area contributed by atoms with Crippen molar-refractivity contribution in [3.8, 4) is 0 Å². The first-order chi connectivity index (χ1) is 11.3. The van der Waals surface area contributed by atoms with Gasteiger partial charge in [0.1, 0.15) is 0 Å². The number of carbonyl (C=O) groups excluding carboxylic acids is 1. The van der Waals surface area contributed by atoms with Crippen LogP contribution in [0.5, 0.6) is 0 Å². The molecule has 0 unspecified atom stereocenters. The van der Waals surface area contributed by atoms with Crippen LogP contribution in [-0.4, -0.2) is 5.91 Å². The number of nitrogens with zero attached hydrogens (tertiary/aromatic N) is 1. The molecule has 0 spiro atoms. The highest BCUT2D eigenvalue weighted by molar-refractivity contribution is 5.80. The molecule has 23 heavy (non-hydrogen) atoms. The lowest BCUT2D eigenvalue weighted by Gasteiger charge is -2.28. The molecule has 2 aromatic rings. The topological polar surface area (TPSA) is 32.3 Å². The maximum absolute atomic E-state index is 12.6. The number of hydrazine groups is 1. The predicted octanol–water partition coefficient (Wildman–Crippen LogP) is 4.08. The number of anilines is 1. The smallest absolute Gasteiger partial charge is 0.241 e. The highest BCUT2D eigenvalue weighted by atomic mass is 16.2. The van der Waals surface area contributed by atoms with Crippen molar-refractivity contribution in [2.75, 3.05) is 5.01 Å². The Labute approximate surface area is 137 Å². The van der Waals surface area contributed by atoms with Gasteiger partial charge in [-0.25, -0.2) is 0 Å². The van der Waals surface area contributed by atoms with Crippen LogP contribution in [0.2, 0.25) is 0 Å². The molecule has 0 aromatic heterocycles. The minimum absolute atomic E-state index is 0.0713. The number of hydrogen-bond donors (Lipinski definition) is 1. The average Bonchev–Trinajstić information content (AvgIpc) is 2.63. The Bertz CT molecular complexity index is 652. The van der Waals surface area contributed by atoms with Gasteiger partial charge in [-0.2, -0.15) is 0 Å². The quantitative estimate of drug-likeness (QED) is 0.667. The molecule has 118 valence electrons. The van der Waals surface area contributed by atoms with E-state index < -0.39 is 0 Å². The van der Waals surface area contributed by atoms with Crippen LogP contribution in [0.4, 0.5) is 5.69 Å². The van der Waals surface area contributed by atoms with Crippen molar-refractivity contribution < 1.29 is 4.79 Å². The largest absolute Gasteiger partial charge is 0.281 e. The Kier molecular flexibility index (Phi) is 5.09. The third-order valence-corrected chi connectivity index (χ3v) is 4.14. The van der Waals surface area contributed by atoms with Crippen molar-refractivity contribution in [2.24, 2.45) is 5.92 Å². The van der Waals surface area contributed by atoms with E-state index in [2.05, 4.69) is 29.7 Å². The standard InChI is InChI=1S/C20H22N2O/c23-20(18-12-6-2-7-13-18)21-22(19-14-8-3-9-15-19)16-17-10-4-1-5-11-17/h1-6,8-11,14-15,18H,7,12-13,16H2,(H,21,23)/t18-/m1/s1. The molecule has 3 heteroatoms. The summed E-state index contributed by atoms with van der Waals surface area (Å²) < 4.78 is 0. The molecule has 1 atom stereocenters. The fourth-order valence-electron chi connectivity index (χ4n) is 2.83. The highest BCUT2D eigenvalue weighted by Gasteiger charge is 2.21. The van der Waals surface area contributed by atoms with Gasteiger partial charge in [-0.05, 0) is 37.0 Å². The lowest BCUT2D eigenvalue weighted by molar-refractivity contribution is -0.125. The van der Waals surface area contributed by atoms with Crippen molar-refractivity contribution >= 4 is 11.6 Å². The van der Waals surface area contributed by atoms with Crippen molar-refractivity contribution in [1.29, 1.82) is 0 Å². The van der Waals surface area contributed by atoms with Gasteiger partial charge in [0.2, 0.25) is 5.91 Å². The summed E-state index contributed by atoms with van der Waals surface area (Å²) in [4.78, 5) is 12.6. The second-order valence-electron chi connectivity index (χ2n) is 5.86. The van der Waals surface area contributed by atoms with Crippen molar-refractivity contribution in [1.82, 2.24) is 5.43 Å². The maximum Gasteiger partial charge on any atom is 0.241 e. The Balaban J connectivity index is 1.75. The van der Waals surface area contributed by atoms with E-state index in [1.54, 1.807) is 0 Å². The fraction of sp³-hybridized carbons (Fsp3) is 0.250. The Morgan fingerprint density at radius 2 is 1.70 bits per heavy atom. The van der Waals surface area contributed by atoms with E-state index in [0.717, 1.165) is 24.9 Å². The molecule has 1 N–H and O–H groups in total. The molecular formula is C20H22N2O. The van der Waals surface area contributed by atoms with Gasteiger partial charge in [-0.15, -0.1) is 0 Å². The lowest BCUT2D eigenvalue weighted by atomic mass is 9.94. The summed E-state index contributed by atoms with van der Waals surface area (Å²) in [5.74, 6) is 0.177. The Morgan fingerprint density at radius 3 is 2.35 bits per heavy atom. The Morgan fingerprint density at radius 1 is 1.00 bits per heavy atom. The first kappa shape index (κ1) is 15.3. The van der Waals surface area contributed by atoms with E-state index in [9.17, 15) is 4.79 Å². The second kappa shape index (κ2) is 7.63. The lowest BCUT2D eigenvalue weighted by Crippen LogP contribution is -2.45. The summed E-state index contributed by atoms with van der Waals surface area (Å²) in [7, 11) is 0. The van der Waals surface area contributed by atoms with Gasteiger partial charge in [0.05, 0.1) is 12.2 Å². The number of para-hydroxylation sites is 1. The van der Waals surface area contributed by atoms with Crippen molar-refractivity contribution in [3.63, 3.8) is 0 Å². The van der Waals surface area contributed by atoms with Crippen LogP contribution in [0.1, 0.15) is 24.8 Å². The summed E-state index contributed by atoms with van der Waals surface area (Å²) in [6.45, 7) is 0.652. The number of rotatable bonds is 5. The van der Waals surface area contributed by atoms with Crippen LogP contribution in [0.15, 0.2) is 72.8 Å². The molecule has 0 fully saturated rings. The first-order valence-electron chi connectivity index (χ1n) is 8.15. The normalized spacial score (nSPS) is 16.8. The SMILES string of the molecule is O=C(NN(Cc1ccccc1)c1ccccc1)[C@@H]1CC=CCC1. The zero-order valence-electron chi connectivity index (χ0n) is 13.2. The van der Waals surface area contributed by atoms with E-state index >= 15 is 0 Å². The second-order valence-corrected chi connectivity index (χ2v) is 5.86. The summed E-state index contributed by atoms with van der Waals surface area (Å²) in [6.07, 6.45) is 7.01. The zero-order valence-corrected chi connectivity index (χ0v) is 13.2. The molecule has 2 aromatic carbocycles. The molecule has 3 rings (SSSR count). The van der Waals surface area contributed by atoms with E-state index in [1.807, 2.05) is 53.5 Å². The molecule has 0 aliphatic heterocycles. The van der Waals surface area contributed by atoms with Crippen LogP contribution in [0.3, 0.4) is 0 Å². The molecule has 0 radical (unpaired) electrons. The molecule has 0 bridgehead atoms. The third kappa shape index (κ3) is 4.22. The number of nitrogens with one attached hydrogen (secondary N) is 1. The summed E-state index contributed by atoms with van der Waals surface area (Å²) in [6, 6.07) is 20.2. The molecule has 1 amide bonds. The number of hydrogen-bond acceptors (Lipinski definition) is 2. The molecule has 1 aliphatic carbocycles. The molecule has 0 heterocycles. The van der Waals surface area contributed by atoms with Gasteiger partial charge in [0.15, 0.2) is 0 Å². The van der Waals surface area contributed by atoms with Gasteiger partial charge >= 0.3 is 0 Å².